The molecule has 2 rings (SSSR count). The Hall–Kier alpha value is -1.33. The lowest BCUT2D eigenvalue weighted by Gasteiger charge is -2.36. The van der Waals surface area contributed by atoms with E-state index in [9.17, 15) is 4.79 Å². The van der Waals surface area contributed by atoms with Gasteiger partial charge in [0.05, 0.1) is 30.4 Å². The molecule has 0 unspecified atom stereocenters. The molecule has 0 aromatic carbocycles. The lowest BCUT2D eigenvalue weighted by atomic mass is 10.2. The fraction of sp³-hybridized carbons (Fsp3) is 0.571. The van der Waals surface area contributed by atoms with Crippen LogP contribution in [-0.2, 0) is 4.74 Å². The lowest BCUT2D eigenvalue weighted by Crippen LogP contribution is -2.50. The van der Waals surface area contributed by atoms with Crippen LogP contribution in [0.5, 0.6) is 5.88 Å². The normalized spacial score (nSPS) is 22.7. The number of halogens is 1. The van der Waals surface area contributed by atoms with Crippen LogP contribution in [0.1, 0.15) is 31.3 Å². The summed E-state index contributed by atoms with van der Waals surface area (Å²) in [6.45, 7) is 7.31. The number of morpholine rings is 1. The second kappa shape index (κ2) is 6.41. The van der Waals surface area contributed by atoms with Crippen molar-refractivity contribution in [1.29, 1.82) is 0 Å². The Labute approximate surface area is 123 Å². The van der Waals surface area contributed by atoms with E-state index in [0.717, 1.165) is 0 Å². The van der Waals surface area contributed by atoms with E-state index >= 15 is 0 Å². The molecule has 0 saturated carbocycles. The maximum Gasteiger partial charge on any atom is 0.274 e. The summed E-state index contributed by atoms with van der Waals surface area (Å²) in [6.07, 6.45) is 0.0176. The first-order chi connectivity index (χ1) is 9.52. The van der Waals surface area contributed by atoms with Crippen LogP contribution in [0, 0.1) is 0 Å². The molecule has 1 fully saturated rings. The molecule has 0 N–H and O–H groups in total. The van der Waals surface area contributed by atoms with E-state index in [-0.39, 0.29) is 23.7 Å². The zero-order chi connectivity index (χ0) is 14.7. The Morgan fingerprint density at radius 1 is 1.55 bits per heavy atom. The average molecular weight is 299 g/mol. The molecule has 0 aliphatic carbocycles. The molecule has 5 nitrogen and oxygen atoms in total. The Balaban J connectivity index is 2.25. The van der Waals surface area contributed by atoms with Crippen LogP contribution < -0.4 is 4.74 Å². The monoisotopic (exact) mass is 298 g/mol. The summed E-state index contributed by atoms with van der Waals surface area (Å²) in [5, 5.41) is 0.338. The number of nitrogens with zero attached hydrogens (tertiary/aromatic N) is 2. The van der Waals surface area contributed by atoms with Crippen molar-refractivity contribution >= 4 is 17.5 Å². The van der Waals surface area contributed by atoms with Crippen LogP contribution in [0.25, 0.3) is 0 Å². The maximum absolute atomic E-state index is 12.6. The smallest absolute Gasteiger partial charge is 0.274 e. The minimum atomic E-state index is -0.181. The van der Waals surface area contributed by atoms with E-state index < -0.39 is 0 Å². The fourth-order valence-electron chi connectivity index (χ4n) is 2.12. The van der Waals surface area contributed by atoms with Crippen LogP contribution in [0.4, 0.5) is 0 Å². The van der Waals surface area contributed by atoms with Gasteiger partial charge in [0, 0.05) is 12.6 Å². The Bertz CT molecular complexity index is 495. The molecule has 0 bridgehead atoms. The van der Waals surface area contributed by atoms with Crippen molar-refractivity contribution in [3.05, 3.63) is 22.8 Å². The van der Waals surface area contributed by atoms with Gasteiger partial charge in [-0.2, -0.15) is 0 Å². The lowest BCUT2D eigenvalue weighted by molar-refractivity contribution is -0.0389. The first-order valence-electron chi connectivity index (χ1n) is 6.74. The van der Waals surface area contributed by atoms with Gasteiger partial charge in [0.25, 0.3) is 5.91 Å². The van der Waals surface area contributed by atoms with E-state index in [2.05, 4.69) is 4.98 Å². The van der Waals surface area contributed by atoms with Gasteiger partial charge in [0.1, 0.15) is 0 Å². The van der Waals surface area contributed by atoms with Crippen LogP contribution in [-0.4, -0.2) is 47.7 Å². The second-order valence-corrected chi connectivity index (χ2v) is 5.27. The zero-order valence-electron chi connectivity index (χ0n) is 11.9. The number of carbonyl (C=O) groups excluding carboxylic acids is 1. The molecule has 1 aromatic rings. The molecular weight excluding hydrogens is 280 g/mol. The molecule has 1 aliphatic heterocycles. The summed E-state index contributed by atoms with van der Waals surface area (Å²) in [4.78, 5) is 18.6. The highest BCUT2D eigenvalue weighted by Gasteiger charge is 2.30. The van der Waals surface area contributed by atoms with Crippen LogP contribution >= 0.6 is 11.6 Å². The summed E-state index contributed by atoms with van der Waals surface area (Å²) in [6, 6.07) is 3.31. The minimum Gasteiger partial charge on any atom is -0.478 e. The summed E-state index contributed by atoms with van der Waals surface area (Å²) >= 11 is 6.10. The van der Waals surface area contributed by atoms with Crippen LogP contribution in [0.2, 0.25) is 5.02 Å². The fourth-order valence-corrected chi connectivity index (χ4v) is 2.31. The van der Waals surface area contributed by atoms with Crippen molar-refractivity contribution in [3.8, 4) is 5.88 Å². The minimum absolute atomic E-state index is 0.00677. The molecule has 6 heteroatoms. The van der Waals surface area contributed by atoms with Gasteiger partial charge in [-0.1, -0.05) is 11.6 Å². The predicted molar refractivity (Wildman–Crippen MR) is 76.3 cm³/mol. The molecule has 1 saturated heterocycles. The highest BCUT2D eigenvalue weighted by molar-refractivity contribution is 6.33. The molecule has 110 valence electrons. The van der Waals surface area contributed by atoms with Gasteiger partial charge in [-0.25, -0.2) is 4.98 Å². The van der Waals surface area contributed by atoms with Gasteiger partial charge in [0.15, 0.2) is 5.69 Å². The number of amides is 1. The second-order valence-electron chi connectivity index (χ2n) is 4.86. The number of hydrogen-bond acceptors (Lipinski definition) is 4. The summed E-state index contributed by atoms with van der Waals surface area (Å²) < 4.78 is 10.8. The molecule has 1 amide bonds. The van der Waals surface area contributed by atoms with E-state index in [1.54, 1.807) is 17.0 Å². The predicted octanol–water partition coefficient (Wildman–Crippen LogP) is 2.38. The molecular formula is C14H19ClN2O3. The zero-order valence-corrected chi connectivity index (χ0v) is 12.7. The average Bonchev–Trinajstić information content (AvgIpc) is 2.43. The Kier molecular flexibility index (Phi) is 4.83. The van der Waals surface area contributed by atoms with Gasteiger partial charge in [-0.05, 0) is 26.8 Å². The summed E-state index contributed by atoms with van der Waals surface area (Å²) in [5.41, 5.74) is 0.235. The number of ether oxygens (including phenoxy) is 2. The van der Waals surface area contributed by atoms with E-state index in [1.165, 1.54) is 0 Å². The molecule has 1 aromatic heterocycles. The first-order valence-corrected chi connectivity index (χ1v) is 7.12. The summed E-state index contributed by atoms with van der Waals surface area (Å²) in [5.74, 6) is 0.230. The number of hydrogen-bond donors (Lipinski definition) is 0. The van der Waals surface area contributed by atoms with Gasteiger partial charge >= 0.3 is 0 Å². The van der Waals surface area contributed by atoms with Gasteiger partial charge in [-0.15, -0.1) is 0 Å². The molecule has 2 heterocycles. The van der Waals surface area contributed by atoms with Crippen molar-refractivity contribution in [2.24, 2.45) is 0 Å². The van der Waals surface area contributed by atoms with Crippen molar-refractivity contribution in [3.63, 3.8) is 0 Å². The molecule has 0 radical (unpaired) electrons. The molecule has 2 atom stereocenters. The van der Waals surface area contributed by atoms with E-state index in [4.69, 9.17) is 21.1 Å². The van der Waals surface area contributed by atoms with Gasteiger partial charge in [-0.3, -0.25) is 4.79 Å². The first kappa shape index (κ1) is 15.1. The largest absolute Gasteiger partial charge is 0.478 e. The van der Waals surface area contributed by atoms with E-state index in [1.807, 2.05) is 20.8 Å². The Morgan fingerprint density at radius 2 is 2.30 bits per heavy atom. The highest BCUT2D eigenvalue weighted by atomic mass is 35.5. The van der Waals surface area contributed by atoms with Crippen molar-refractivity contribution < 1.29 is 14.3 Å². The van der Waals surface area contributed by atoms with Gasteiger partial charge < -0.3 is 14.4 Å². The third kappa shape index (κ3) is 3.22. The van der Waals surface area contributed by atoms with Crippen molar-refractivity contribution in [1.82, 2.24) is 9.88 Å². The standard InChI is InChI=1S/C14H19ClN2O3/c1-4-19-12-6-5-11(15)13(16-12)14(18)17-7-10(3)20-8-9(17)2/h5-6,9-10H,4,7-8H2,1-3H3/t9-,10-/m0/s1. The van der Waals surface area contributed by atoms with Gasteiger partial charge in [0.2, 0.25) is 5.88 Å². The summed E-state index contributed by atoms with van der Waals surface area (Å²) in [7, 11) is 0. The number of pyridine rings is 1. The topological polar surface area (TPSA) is 51.7 Å². The van der Waals surface area contributed by atoms with Crippen LogP contribution in [0.3, 0.4) is 0 Å². The SMILES string of the molecule is CCOc1ccc(Cl)c(C(=O)N2C[C@H](C)OC[C@@H]2C)n1. The van der Waals surface area contributed by atoms with E-state index in [0.29, 0.717) is 30.7 Å². The third-order valence-electron chi connectivity index (χ3n) is 3.18. The highest BCUT2D eigenvalue weighted by Crippen LogP contribution is 2.22. The quantitative estimate of drug-likeness (QED) is 0.860. The Morgan fingerprint density at radius 3 is 3.00 bits per heavy atom. The number of carbonyl (C=O) groups is 1. The maximum atomic E-state index is 12.6. The van der Waals surface area contributed by atoms with Crippen molar-refractivity contribution in [2.45, 2.75) is 32.9 Å². The molecule has 0 spiro atoms. The molecule has 20 heavy (non-hydrogen) atoms. The number of rotatable bonds is 3. The third-order valence-corrected chi connectivity index (χ3v) is 3.49. The number of aromatic nitrogens is 1. The molecule has 1 aliphatic rings. The van der Waals surface area contributed by atoms with Crippen LogP contribution in [0.15, 0.2) is 12.1 Å². The van der Waals surface area contributed by atoms with Crippen molar-refractivity contribution in [2.75, 3.05) is 19.8 Å².